The SMILES string of the molecule is NC(=O)c1cccc2c1c1ccc(CO)cc1n2Cc1cccc(Cl)c1F. The van der Waals surface area contributed by atoms with Crippen LogP contribution in [0.1, 0.15) is 21.5 Å². The molecule has 0 unspecified atom stereocenters. The number of aromatic nitrogens is 1. The molecular formula is C21H16ClFN2O2. The second-order valence-electron chi connectivity index (χ2n) is 6.37. The molecule has 0 saturated carbocycles. The maximum atomic E-state index is 14.5. The number of fused-ring (bicyclic) bond motifs is 3. The molecule has 1 heterocycles. The van der Waals surface area contributed by atoms with Crippen molar-refractivity contribution in [2.45, 2.75) is 13.2 Å². The number of benzene rings is 3. The van der Waals surface area contributed by atoms with Crippen LogP contribution in [0.25, 0.3) is 21.8 Å². The summed E-state index contributed by atoms with van der Waals surface area (Å²) in [6.45, 7) is 0.106. The fourth-order valence-electron chi connectivity index (χ4n) is 3.50. The number of carbonyl (C=O) groups excluding carboxylic acids is 1. The van der Waals surface area contributed by atoms with Gasteiger partial charge in [0.05, 0.1) is 23.7 Å². The number of aliphatic hydroxyl groups is 1. The van der Waals surface area contributed by atoms with Gasteiger partial charge in [-0.1, -0.05) is 41.9 Å². The molecule has 4 nitrogen and oxygen atoms in total. The smallest absolute Gasteiger partial charge is 0.249 e. The van der Waals surface area contributed by atoms with E-state index >= 15 is 0 Å². The molecule has 136 valence electrons. The fourth-order valence-corrected chi connectivity index (χ4v) is 3.70. The summed E-state index contributed by atoms with van der Waals surface area (Å²) in [5.74, 6) is -1.00. The van der Waals surface area contributed by atoms with Gasteiger partial charge < -0.3 is 15.4 Å². The van der Waals surface area contributed by atoms with Gasteiger partial charge in [-0.2, -0.15) is 0 Å². The average Bonchev–Trinajstić information content (AvgIpc) is 2.98. The van der Waals surface area contributed by atoms with Gasteiger partial charge in [-0.05, 0) is 29.8 Å². The molecule has 27 heavy (non-hydrogen) atoms. The van der Waals surface area contributed by atoms with E-state index in [2.05, 4.69) is 0 Å². The number of primary amides is 1. The number of nitrogens with two attached hydrogens (primary N) is 1. The van der Waals surface area contributed by atoms with Gasteiger partial charge in [0.25, 0.3) is 0 Å². The summed E-state index contributed by atoms with van der Waals surface area (Å²) < 4.78 is 16.4. The molecule has 0 aliphatic rings. The minimum atomic E-state index is -0.528. The molecule has 4 aromatic rings. The second kappa shape index (κ2) is 6.68. The summed E-state index contributed by atoms with van der Waals surface area (Å²) in [7, 11) is 0. The second-order valence-corrected chi connectivity index (χ2v) is 6.78. The van der Waals surface area contributed by atoms with Crippen molar-refractivity contribution in [3.8, 4) is 0 Å². The predicted molar refractivity (Wildman–Crippen MR) is 104 cm³/mol. The lowest BCUT2D eigenvalue weighted by Crippen LogP contribution is -2.11. The quantitative estimate of drug-likeness (QED) is 0.554. The molecule has 0 radical (unpaired) electrons. The maximum absolute atomic E-state index is 14.5. The van der Waals surface area contributed by atoms with Crippen LogP contribution in [-0.2, 0) is 13.2 Å². The van der Waals surface area contributed by atoms with Crippen LogP contribution in [0.4, 0.5) is 4.39 Å². The largest absolute Gasteiger partial charge is 0.392 e. The molecule has 3 aromatic carbocycles. The minimum absolute atomic E-state index is 0.0575. The molecule has 0 spiro atoms. The Labute approximate surface area is 159 Å². The lowest BCUT2D eigenvalue weighted by Gasteiger charge is -2.10. The number of hydrogen-bond donors (Lipinski definition) is 2. The zero-order valence-electron chi connectivity index (χ0n) is 14.2. The molecule has 0 aliphatic heterocycles. The van der Waals surface area contributed by atoms with Gasteiger partial charge >= 0.3 is 0 Å². The number of rotatable bonds is 4. The van der Waals surface area contributed by atoms with E-state index in [1.54, 1.807) is 30.3 Å². The third-order valence-corrected chi connectivity index (χ3v) is 5.06. The number of aliphatic hydroxyl groups excluding tert-OH is 1. The first kappa shape index (κ1) is 17.5. The van der Waals surface area contributed by atoms with Gasteiger partial charge in [0.15, 0.2) is 0 Å². The van der Waals surface area contributed by atoms with Crippen molar-refractivity contribution in [3.05, 3.63) is 82.1 Å². The number of hydrogen-bond acceptors (Lipinski definition) is 2. The highest BCUT2D eigenvalue weighted by Crippen LogP contribution is 2.33. The van der Waals surface area contributed by atoms with Crippen LogP contribution >= 0.6 is 11.6 Å². The van der Waals surface area contributed by atoms with E-state index in [0.29, 0.717) is 16.5 Å². The first-order chi connectivity index (χ1) is 13.0. The molecule has 0 atom stereocenters. The molecule has 0 fully saturated rings. The first-order valence-corrected chi connectivity index (χ1v) is 8.76. The maximum Gasteiger partial charge on any atom is 0.249 e. The Balaban J connectivity index is 2.06. The van der Waals surface area contributed by atoms with Crippen molar-refractivity contribution < 1.29 is 14.3 Å². The van der Waals surface area contributed by atoms with Crippen LogP contribution in [0, 0.1) is 5.82 Å². The summed E-state index contributed by atoms with van der Waals surface area (Å²) in [4.78, 5) is 11.9. The Morgan fingerprint density at radius 1 is 1.11 bits per heavy atom. The van der Waals surface area contributed by atoms with Crippen molar-refractivity contribution in [3.63, 3.8) is 0 Å². The molecule has 6 heteroatoms. The molecule has 0 bridgehead atoms. The lowest BCUT2D eigenvalue weighted by atomic mass is 10.0. The Bertz CT molecular complexity index is 1200. The van der Waals surface area contributed by atoms with Gasteiger partial charge in [-0.15, -0.1) is 0 Å². The topological polar surface area (TPSA) is 68.2 Å². The summed E-state index contributed by atoms with van der Waals surface area (Å²) in [5, 5.41) is 11.1. The van der Waals surface area contributed by atoms with Crippen LogP contribution in [0.3, 0.4) is 0 Å². The van der Waals surface area contributed by atoms with Crippen LogP contribution in [0.15, 0.2) is 54.6 Å². The highest BCUT2D eigenvalue weighted by molar-refractivity contribution is 6.30. The molecule has 4 rings (SSSR count). The van der Waals surface area contributed by atoms with Gasteiger partial charge in [0, 0.05) is 27.4 Å². The zero-order chi connectivity index (χ0) is 19.1. The van der Waals surface area contributed by atoms with Gasteiger partial charge in [-0.3, -0.25) is 4.79 Å². The van der Waals surface area contributed by atoms with E-state index in [1.165, 1.54) is 6.07 Å². The highest BCUT2D eigenvalue weighted by atomic mass is 35.5. The molecular weight excluding hydrogens is 367 g/mol. The molecule has 0 saturated heterocycles. The van der Waals surface area contributed by atoms with E-state index in [9.17, 15) is 14.3 Å². The van der Waals surface area contributed by atoms with Gasteiger partial charge in [-0.25, -0.2) is 4.39 Å². The third-order valence-electron chi connectivity index (χ3n) is 4.76. The van der Waals surface area contributed by atoms with Crippen molar-refractivity contribution in [2.75, 3.05) is 0 Å². The standard InChI is InChI=1S/C21H16ClFN2O2/c22-16-5-1-3-13(20(16)23)10-25-17-6-2-4-15(21(24)27)19(17)14-8-7-12(11-26)9-18(14)25/h1-9,26H,10-11H2,(H2,24,27). The third kappa shape index (κ3) is 2.85. The fraction of sp³-hybridized carbons (Fsp3) is 0.0952. The minimum Gasteiger partial charge on any atom is -0.392 e. The predicted octanol–water partition coefficient (Wildman–Crippen LogP) is 4.23. The van der Waals surface area contributed by atoms with Crippen molar-refractivity contribution >= 4 is 39.3 Å². The monoisotopic (exact) mass is 382 g/mol. The Hall–Kier alpha value is -2.89. The number of carbonyl (C=O) groups is 1. The van der Waals surface area contributed by atoms with Gasteiger partial charge in [0.1, 0.15) is 5.82 Å². The number of nitrogens with zero attached hydrogens (tertiary/aromatic N) is 1. The van der Waals surface area contributed by atoms with Crippen molar-refractivity contribution in [1.82, 2.24) is 4.57 Å². The average molecular weight is 383 g/mol. The van der Waals surface area contributed by atoms with Crippen LogP contribution < -0.4 is 5.73 Å². The van der Waals surface area contributed by atoms with E-state index in [1.807, 2.05) is 22.8 Å². The summed E-state index contributed by atoms with van der Waals surface area (Å²) in [6, 6.07) is 15.6. The van der Waals surface area contributed by atoms with Gasteiger partial charge in [0.2, 0.25) is 5.91 Å². The van der Waals surface area contributed by atoms with Crippen molar-refractivity contribution in [2.24, 2.45) is 5.73 Å². The van der Waals surface area contributed by atoms with E-state index in [-0.39, 0.29) is 18.2 Å². The van der Waals surface area contributed by atoms with E-state index in [4.69, 9.17) is 17.3 Å². The number of halogens is 2. The van der Waals surface area contributed by atoms with E-state index in [0.717, 1.165) is 22.0 Å². The summed E-state index contributed by atoms with van der Waals surface area (Å²) in [5.41, 5.74) is 8.66. The summed E-state index contributed by atoms with van der Waals surface area (Å²) in [6.07, 6.45) is 0. The number of amides is 1. The zero-order valence-corrected chi connectivity index (χ0v) is 15.0. The normalized spacial score (nSPS) is 11.4. The van der Waals surface area contributed by atoms with Crippen molar-refractivity contribution in [1.29, 1.82) is 0 Å². The van der Waals surface area contributed by atoms with Crippen LogP contribution in [-0.4, -0.2) is 15.6 Å². The molecule has 1 amide bonds. The molecule has 0 aliphatic carbocycles. The molecule has 3 N–H and O–H groups in total. The highest BCUT2D eigenvalue weighted by Gasteiger charge is 2.18. The Morgan fingerprint density at radius 2 is 1.89 bits per heavy atom. The van der Waals surface area contributed by atoms with E-state index < -0.39 is 11.7 Å². The Morgan fingerprint density at radius 3 is 2.63 bits per heavy atom. The first-order valence-electron chi connectivity index (χ1n) is 8.38. The van der Waals surface area contributed by atoms with Crippen LogP contribution in [0.2, 0.25) is 5.02 Å². The Kier molecular flexibility index (Phi) is 4.34. The molecule has 1 aromatic heterocycles. The summed E-state index contributed by atoms with van der Waals surface area (Å²) >= 11 is 5.93. The van der Waals surface area contributed by atoms with Crippen LogP contribution in [0.5, 0.6) is 0 Å². The lowest BCUT2D eigenvalue weighted by molar-refractivity contribution is 0.100.